The summed E-state index contributed by atoms with van der Waals surface area (Å²) in [5.74, 6) is -0.0364. The van der Waals surface area contributed by atoms with Crippen LogP contribution in [0.3, 0.4) is 0 Å². The largest absolute Gasteiger partial charge is 0.387 e. The van der Waals surface area contributed by atoms with Crippen LogP contribution < -0.4 is 5.32 Å². The molecular weight excluding hydrogens is 350 g/mol. The maximum Gasteiger partial charge on any atom is 0.157 e. The van der Waals surface area contributed by atoms with E-state index in [4.69, 9.17) is 0 Å². The number of aromatic nitrogens is 3. The van der Waals surface area contributed by atoms with Crippen molar-refractivity contribution in [3.63, 3.8) is 0 Å². The van der Waals surface area contributed by atoms with E-state index < -0.39 is 6.10 Å². The number of benzene rings is 2. The van der Waals surface area contributed by atoms with Gasteiger partial charge in [0.05, 0.1) is 18.0 Å². The zero-order chi connectivity index (χ0) is 18.8. The highest BCUT2D eigenvalue weighted by Gasteiger charge is 2.12. The predicted molar refractivity (Wildman–Crippen MR) is 98.2 cm³/mol. The van der Waals surface area contributed by atoms with E-state index in [9.17, 15) is 13.9 Å². The zero-order valence-electron chi connectivity index (χ0n) is 14.2. The number of aliphatic hydroxyl groups is 1. The van der Waals surface area contributed by atoms with E-state index in [0.29, 0.717) is 22.7 Å². The summed E-state index contributed by atoms with van der Waals surface area (Å²) in [6, 6.07) is 15.3. The topological polar surface area (TPSA) is 62.5 Å². The van der Waals surface area contributed by atoms with Gasteiger partial charge in [-0.1, -0.05) is 12.1 Å². The molecule has 1 atom stereocenters. The van der Waals surface area contributed by atoms with E-state index in [1.54, 1.807) is 47.1 Å². The lowest BCUT2D eigenvalue weighted by Crippen LogP contribution is -2.15. The van der Waals surface area contributed by atoms with Gasteiger partial charge in [-0.2, -0.15) is 9.61 Å². The average molecular weight is 366 g/mol. The van der Waals surface area contributed by atoms with Gasteiger partial charge in [-0.25, -0.2) is 13.8 Å². The molecule has 136 valence electrons. The van der Waals surface area contributed by atoms with E-state index in [1.165, 1.54) is 24.3 Å². The third-order valence-corrected chi connectivity index (χ3v) is 4.23. The fraction of sp³-hybridized carbons (Fsp3) is 0.100. The highest BCUT2D eigenvalue weighted by molar-refractivity contribution is 5.66. The van der Waals surface area contributed by atoms with Crippen LogP contribution in [0.4, 0.5) is 14.6 Å². The maximum absolute atomic E-state index is 13.2. The van der Waals surface area contributed by atoms with Gasteiger partial charge in [-0.05, 0) is 42.0 Å². The Balaban J connectivity index is 1.61. The molecule has 2 N–H and O–H groups in total. The van der Waals surface area contributed by atoms with Crippen LogP contribution in [0.2, 0.25) is 0 Å². The Hall–Kier alpha value is -3.32. The first-order valence-electron chi connectivity index (χ1n) is 8.38. The number of hydrogen-bond donors (Lipinski definition) is 2. The van der Waals surface area contributed by atoms with Gasteiger partial charge in [0.1, 0.15) is 17.5 Å². The first-order chi connectivity index (χ1) is 13.1. The Morgan fingerprint density at radius 1 is 0.963 bits per heavy atom. The second-order valence-corrected chi connectivity index (χ2v) is 6.08. The fourth-order valence-electron chi connectivity index (χ4n) is 2.81. The molecule has 27 heavy (non-hydrogen) atoms. The molecule has 4 aromatic rings. The van der Waals surface area contributed by atoms with Crippen molar-refractivity contribution in [3.8, 4) is 11.3 Å². The third kappa shape index (κ3) is 3.63. The highest BCUT2D eigenvalue weighted by Crippen LogP contribution is 2.23. The molecule has 0 fully saturated rings. The first-order valence-corrected chi connectivity index (χ1v) is 8.38. The molecule has 0 aliphatic carbocycles. The molecule has 0 aliphatic rings. The average Bonchev–Trinajstić information content (AvgIpc) is 3.15. The molecule has 0 spiro atoms. The Morgan fingerprint density at radius 3 is 2.33 bits per heavy atom. The Kier molecular flexibility index (Phi) is 4.52. The third-order valence-electron chi connectivity index (χ3n) is 4.23. The monoisotopic (exact) mass is 366 g/mol. The van der Waals surface area contributed by atoms with Crippen LogP contribution in [0.15, 0.2) is 66.9 Å². The summed E-state index contributed by atoms with van der Waals surface area (Å²) in [5.41, 5.74) is 2.65. The fourth-order valence-corrected chi connectivity index (χ4v) is 2.81. The molecule has 5 nitrogen and oxygen atoms in total. The molecule has 0 saturated carbocycles. The van der Waals surface area contributed by atoms with Gasteiger partial charge in [0.25, 0.3) is 0 Å². The van der Waals surface area contributed by atoms with Crippen molar-refractivity contribution in [3.05, 3.63) is 84.1 Å². The smallest absolute Gasteiger partial charge is 0.157 e. The van der Waals surface area contributed by atoms with Gasteiger partial charge in [0.2, 0.25) is 0 Å². The summed E-state index contributed by atoms with van der Waals surface area (Å²) in [6.45, 7) is 0.202. The number of nitrogens with zero attached hydrogens (tertiary/aromatic N) is 3. The van der Waals surface area contributed by atoms with Gasteiger partial charge in [-0.3, -0.25) is 0 Å². The second-order valence-electron chi connectivity index (χ2n) is 6.08. The molecule has 0 radical (unpaired) electrons. The number of rotatable bonds is 5. The zero-order valence-corrected chi connectivity index (χ0v) is 14.2. The second kappa shape index (κ2) is 7.13. The number of anilines is 1. The molecule has 0 bridgehead atoms. The standard InChI is InChI=1S/C20H16F2N4O/c21-15-5-1-13(2-6-15)17-11-20(26-19(25-17)9-10-24-26)23-12-18(27)14-3-7-16(22)8-4-14/h1-11,18,23,27H,12H2/t18-/m0/s1. The number of hydrogen-bond acceptors (Lipinski definition) is 4. The van der Waals surface area contributed by atoms with E-state index in [1.807, 2.05) is 0 Å². The van der Waals surface area contributed by atoms with Crippen LogP contribution in [0.25, 0.3) is 16.9 Å². The number of nitrogens with one attached hydrogen (secondary N) is 1. The van der Waals surface area contributed by atoms with Crippen molar-refractivity contribution in [1.29, 1.82) is 0 Å². The molecule has 2 heterocycles. The van der Waals surface area contributed by atoms with Crippen LogP contribution in [-0.4, -0.2) is 26.2 Å². The summed E-state index contributed by atoms with van der Waals surface area (Å²) < 4.78 is 27.8. The summed E-state index contributed by atoms with van der Waals surface area (Å²) >= 11 is 0. The molecule has 0 amide bonds. The van der Waals surface area contributed by atoms with Crippen LogP contribution in [0.5, 0.6) is 0 Å². The molecule has 7 heteroatoms. The van der Waals surface area contributed by atoms with Crippen LogP contribution in [-0.2, 0) is 0 Å². The molecular formula is C20H16F2N4O. The minimum atomic E-state index is -0.821. The van der Waals surface area contributed by atoms with E-state index in [-0.39, 0.29) is 18.2 Å². The summed E-state index contributed by atoms with van der Waals surface area (Å²) in [7, 11) is 0. The lowest BCUT2D eigenvalue weighted by molar-refractivity contribution is 0.191. The Morgan fingerprint density at radius 2 is 1.63 bits per heavy atom. The van der Waals surface area contributed by atoms with Crippen molar-refractivity contribution in [2.45, 2.75) is 6.10 Å². The predicted octanol–water partition coefficient (Wildman–Crippen LogP) is 3.82. The maximum atomic E-state index is 13.2. The number of halogens is 2. The molecule has 0 saturated heterocycles. The van der Waals surface area contributed by atoms with E-state index in [2.05, 4.69) is 15.4 Å². The van der Waals surface area contributed by atoms with Crippen molar-refractivity contribution in [2.24, 2.45) is 0 Å². The van der Waals surface area contributed by atoms with Crippen molar-refractivity contribution >= 4 is 11.5 Å². The molecule has 0 unspecified atom stereocenters. The lowest BCUT2D eigenvalue weighted by Gasteiger charge is -2.15. The quantitative estimate of drug-likeness (QED) is 0.564. The minimum Gasteiger partial charge on any atom is -0.387 e. The van der Waals surface area contributed by atoms with Crippen LogP contribution in [0.1, 0.15) is 11.7 Å². The van der Waals surface area contributed by atoms with Crippen molar-refractivity contribution in [2.75, 3.05) is 11.9 Å². The normalized spacial score (nSPS) is 12.3. The molecule has 2 aromatic heterocycles. The summed E-state index contributed by atoms with van der Waals surface area (Å²) in [4.78, 5) is 4.52. The Labute approximate surface area is 153 Å². The van der Waals surface area contributed by atoms with Gasteiger partial charge in [-0.15, -0.1) is 0 Å². The van der Waals surface area contributed by atoms with Crippen LogP contribution in [0, 0.1) is 11.6 Å². The first kappa shape index (κ1) is 17.1. The van der Waals surface area contributed by atoms with Crippen LogP contribution >= 0.6 is 0 Å². The van der Waals surface area contributed by atoms with Gasteiger partial charge < -0.3 is 10.4 Å². The summed E-state index contributed by atoms with van der Waals surface area (Å²) in [5, 5.41) is 17.7. The molecule has 2 aromatic carbocycles. The Bertz CT molecular complexity index is 1060. The lowest BCUT2D eigenvalue weighted by atomic mass is 10.1. The van der Waals surface area contributed by atoms with Gasteiger partial charge >= 0.3 is 0 Å². The van der Waals surface area contributed by atoms with Gasteiger partial charge in [0, 0.05) is 24.2 Å². The number of fused-ring (bicyclic) bond motifs is 1. The molecule has 0 aliphatic heterocycles. The highest BCUT2D eigenvalue weighted by atomic mass is 19.1. The minimum absolute atomic E-state index is 0.202. The van der Waals surface area contributed by atoms with Crippen molar-refractivity contribution < 1.29 is 13.9 Å². The number of aliphatic hydroxyl groups excluding tert-OH is 1. The van der Waals surface area contributed by atoms with E-state index in [0.717, 1.165) is 5.56 Å². The SMILES string of the molecule is O[C@@H](CNc1cc(-c2ccc(F)cc2)nc2ccnn12)c1ccc(F)cc1. The van der Waals surface area contributed by atoms with Crippen molar-refractivity contribution in [1.82, 2.24) is 14.6 Å². The summed E-state index contributed by atoms with van der Waals surface area (Å²) in [6.07, 6.45) is 0.803. The van der Waals surface area contributed by atoms with Gasteiger partial charge in [0.15, 0.2) is 5.65 Å². The molecule has 4 rings (SSSR count). The van der Waals surface area contributed by atoms with E-state index >= 15 is 0 Å².